The average molecular weight is 465 g/mol. The molecule has 3 aliphatic carbocycles. The van der Waals surface area contributed by atoms with E-state index in [0.717, 1.165) is 12.1 Å². The van der Waals surface area contributed by atoms with Crippen LogP contribution in [0.3, 0.4) is 0 Å². The molecule has 32 heavy (non-hydrogen) atoms. The van der Waals surface area contributed by atoms with Crippen LogP contribution in [-0.2, 0) is 16.1 Å². The van der Waals surface area contributed by atoms with E-state index >= 15 is 0 Å². The number of fused-ring (bicyclic) bond motifs is 1. The van der Waals surface area contributed by atoms with Crippen LogP contribution in [0.4, 0.5) is 8.78 Å². The molecule has 2 amide bonds. The van der Waals surface area contributed by atoms with Crippen LogP contribution in [0.25, 0.3) is 0 Å². The van der Waals surface area contributed by atoms with E-state index in [1.54, 1.807) is 0 Å². The maximum atomic E-state index is 13.9. The van der Waals surface area contributed by atoms with Crippen molar-refractivity contribution in [2.45, 2.75) is 36.9 Å². The van der Waals surface area contributed by atoms with Crippen LogP contribution in [0.1, 0.15) is 35.2 Å². The maximum Gasteiger partial charge on any atom is 0.258 e. The van der Waals surface area contributed by atoms with E-state index < -0.39 is 28.6 Å². The van der Waals surface area contributed by atoms with E-state index in [1.807, 2.05) is 0 Å². The van der Waals surface area contributed by atoms with Crippen molar-refractivity contribution in [2.75, 3.05) is 13.4 Å². The lowest BCUT2D eigenvalue weighted by molar-refractivity contribution is -0.141. The third kappa shape index (κ3) is 3.75. The molecule has 0 atom stereocenters. The molecule has 0 radical (unpaired) electrons. The Morgan fingerprint density at radius 3 is 2.59 bits per heavy atom. The molecule has 7 nitrogen and oxygen atoms in total. The van der Waals surface area contributed by atoms with Crippen molar-refractivity contribution in [3.05, 3.63) is 58.1 Å². The SMILES string of the molecule is O=C(COc1ccc(Cl)c(F)c1)NC12CC(NC(=O)c3cc(F)cc4c3OCOC4)(C1)C2. The molecule has 0 unspecified atom stereocenters. The van der Waals surface area contributed by atoms with Gasteiger partial charge in [0.15, 0.2) is 13.4 Å². The first-order valence-corrected chi connectivity index (χ1v) is 10.4. The summed E-state index contributed by atoms with van der Waals surface area (Å²) in [6.45, 7) is -0.0840. The first kappa shape index (κ1) is 21.0. The molecular weight excluding hydrogens is 446 g/mol. The Labute approximate surface area is 187 Å². The Morgan fingerprint density at radius 2 is 1.84 bits per heavy atom. The zero-order valence-electron chi connectivity index (χ0n) is 16.8. The highest BCUT2D eigenvalue weighted by molar-refractivity contribution is 6.30. The van der Waals surface area contributed by atoms with Gasteiger partial charge in [-0.1, -0.05) is 11.6 Å². The summed E-state index contributed by atoms with van der Waals surface area (Å²) >= 11 is 5.62. The van der Waals surface area contributed by atoms with Gasteiger partial charge in [-0.2, -0.15) is 0 Å². The predicted octanol–water partition coefficient (Wildman–Crippen LogP) is 3.08. The number of hydrogen-bond acceptors (Lipinski definition) is 5. The van der Waals surface area contributed by atoms with Crippen LogP contribution in [0.5, 0.6) is 11.5 Å². The first-order valence-electron chi connectivity index (χ1n) is 10.0. The van der Waals surface area contributed by atoms with E-state index in [9.17, 15) is 18.4 Å². The molecule has 0 aromatic heterocycles. The lowest BCUT2D eigenvalue weighted by Gasteiger charge is -2.70. The van der Waals surface area contributed by atoms with Crippen LogP contribution in [0.15, 0.2) is 30.3 Å². The first-order chi connectivity index (χ1) is 15.3. The van der Waals surface area contributed by atoms with E-state index in [0.29, 0.717) is 30.6 Å². The van der Waals surface area contributed by atoms with E-state index in [1.165, 1.54) is 18.2 Å². The summed E-state index contributed by atoms with van der Waals surface area (Å²) in [6.07, 6.45) is 1.69. The number of hydrogen-bond donors (Lipinski definition) is 2. The number of carbonyl (C=O) groups excluding carboxylic acids is 2. The van der Waals surface area contributed by atoms with Crippen LogP contribution in [-0.4, -0.2) is 36.3 Å². The molecule has 3 fully saturated rings. The van der Waals surface area contributed by atoms with Gasteiger partial charge in [0.05, 0.1) is 17.2 Å². The van der Waals surface area contributed by atoms with Crippen molar-refractivity contribution in [3.8, 4) is 11.5 Å². The van der Waals surface area contributed by atoms with Crippen molar-refractivity contribution in [1.82, 2.24) is 10.6 Å². The molecular formula is C22H19ClF2N2O5. The molecule has 2 aromatic carbocycles. The second-order valence-corrected chi connectivity index (χ2v) is 8.92. The Balaban J connectivity index is 1.14. The molecule has 168 valence electrons. The Hall–Kier alpha value is -2.91. The topological polar surface area (TPSA) is 85.9 Å². The minimum Gasteiger partial charge on any atom is -0.484 e. The van der Waals surface area contributed by atoms with Crippen LogP contribution >= 0.6 is 11.6 Å². The van der Waals surface area contributed by atoms with Gasteiger partial charge < -0.3 is 24.8 Å². The Kier molecular flexibility index (Phi) is 4.98. The van der Waals surface area contributed by atoms with Crippen molar-refractivity contribution < 1.29 is 32.6 Å². The summed E-state index contributed by atoms with van der Waals surface area (Å²) in [4.78, 5) is 25.0. The van der Waals surface area contributed by atoms with Gasteiger partial charge in [0.25, 0.3) is 11.8 Å². The van der Waals surface area contributed by atoms with Gasteiger partial charge in [-0.25, -0.2) is 8.78 Å². The molecule has 2 aromatic rings. The number of nitrogens with one attached hydrogen (secondary N) is 2. The van der Waals surface area contributed by atoms with E-state index in [-0.39, 0.29) is 42.2 Å². The fourth-order valence-corrected chi connectivity index (χ4v) is 4.87. The largest absolute Gasteiger partial charge is 0.484 e. The van der Waals surface area contributed by atoms with Gasteiger partial charge in [-0.05, 0) is 43.5 Å². The van der Waals surface area contributed by atoms with Crippen molar-refractivity contribution in [2.24, 2.45) is 0 Å². The fraction of sp³-hybridized carbons (Fsp3) is 0.364. The monoisotopic (exact) mass is 464 g/mol. The molecule has 0 saturated heterocycles. The second kappa shape index (κ2) is 7.60. The summed E-state index contributed by atoms with van der Waals surface area (Å²) in [6, 6.07) is 6.38. The highest BCUT2D eigenvalue weighted by Crippen LogP contribution is 2.60. The number of ether oxygens (including phenoxy) is 3. The van der Waals surface area contributed by atoms with Crippen LogP contribution in [0.2, 0.25) is 5.02 Å². The molecule has 4 aliphatic rings. The van der Waals surface area contributed by atoms with Gasteiger partial charge in [-0.3, -0.25) is 9.59 Å². The fourth-order valence-electron chi connectivity index (χ4n) is 4.76. The highest BCUT2D eigenvalue weighted by Gasteiger charge is 2.69. The number of benzene rings is 2. The molecule has 10 heteroatoms. The molecule has 6 rings (SSSR count). The quantitative estimate of drug-likeness (QED) is 0.686. The van der Waals surface area contributed by atoms with Gasteiger partial charge in [-0.15, -0.1) is 0 Å². The molecule has 1 aliphatic heterocycles. The molecule has 1 heterocycles. The molecule has 2 bridgehead atoms. The Morgan fingerprint density at radius 1 is 1.09 bits per heavy atom. The predicted molar refractivity (Wildman–Crippen MR) is 109 cm³/mol. The third-order valence-electron chi connectivity index (χ3n) is 5.99. The van der Waals surface area contributed by atoms with Crippen molar-refractivity contribution >= 4 is 23.4 Å². The van der Waals surface area contributed by atoms with Crippen molar-refractivity contribution in [1.29, 1.82) is 0 Å². The number of carbonyl (C=O) groups is 2. The zero-order valence-corrected chi connectivity index (χ0v) is 17.6. The van der Waals surface area contributed by atoms with E-state index in [2.05, 4.69) is 10.6 Å². The minimum absolute atomic E-state index is 0.00390. The van der Waals surface area contributed by atoms with Crippen LogP contribution < -0.4 is 20.1 Å². The summed E-state index contributed by atoms with van der Waals surface area (Å²) in [5.74, 6) is -1.39. The number of rotatable bonds is 6. The summed E-state index contributed by atoms with van der Waals surface area (Å²) in [7, 11) is 0. The molecule has 3 saturated carbocycles. The lowest BCUT2D eigenvalue weighted by atomic mass is 9.44. The minimum atomic E-state index is -0.626. The average Bonchev–Trinajstić information content (AvgIpc) is 2.71. The summed E-state index contributed by atoms with van der Waals surface area (Å²) in [5.41, 5.74) is -0.211. The highest BCUT2D eigenvalue weighted by atomic mass is 35.5. The van der Waals surface area contributed by atoms with Gasteiger partial charge in [0.2, 0.25) is 0 Å². The van der Waals surface area contributed by atoms with Crippen molar-refractivity contribution in [3.63, 3.8) is 0 Å². The standard InChI is InChI=1S/C22H19ClF2N2O5/c23-16-2-1-14(5-17(16)25)31-7-18(28)26-21-8-22(9-21,10-21)27-20(29)15-4-13(24)3-12-6-30-11-32-19(12)15/h1-5H,6-11H2,(H,26,28)(H,27,29). The summed E-state index contributed by atoms with van der Waals surface area (Å²) < 4.78 is 43.2. The normalized spacial score (nSPS) is 24.8. The van der Waals surface area contributed by atoms with Gasteiger partial charge in [0.1, 0.15) is 23.1 Å². The summed E-state index contributed by atoms with van der Waals surface area (Å²) in [5, 5.41) is 5.85. The molecule has 2 N–H and O–H groups in total. The number of halogens is 3. The third-order valence-corrected chi connectivity index (χ3v) is 6.30. The lowest BCUT2D eigenvalue weighted by Crippen LogP contribution is -2.84. The van der Waals surface area contributed by atoms with E-state index in [4.69, 9.17) is 25.8 Å². The Bertz CT molecular complexity index is 1110. The smallest absolute Gasteiger partial charge is 0.258 e. The van der Waals surface area contributed by atoms with Gasteiger partial charge in [0, 0.05) is 22.7 Å². The number of amides is 2. The second-order valence-electron chi connectivity index (χ2n) is 8.51. The maximum absolute atomic E-state index is 13.9. The zero-order chi connectivity index (χ0) is 22.5. The van der Waals surface area contributed by atoms with Crippen LogP contribution in [0, 0.1) is 11.6 Å². The molecule has 0 spiro atoms. The van der Waals surface area contributed by atoms with Gasteiger partial charge >= 0.3 is 0 Å².